The Morgan fingerprint density at radius 1 is 1.07 bits per heavy atom. The Morgan fingerprint density at radius 2 is 1.89 bits per heavy atom. The molecule has 0 unspecified atom stereocenters. The van der Waals surface area contributed by atoms with E-state index in [1.807, 2.05) is 51.8 Å². The number of aryl methyl sites for hydroxylation is 1. The lowest BCUT2D eigenvalue weighted by Crippen LogP contribution is -2.21. The summed E-state index contributed by atoms with van der Waals surface area (Å²) in [5, 5.41) is 17.7. The third kappa shape index (κ3) is 2.51. The van der Waals surface area contributed by atoms with E-state index in [1.165, 1.54) is 0 Å². The molecule has 7 heteroatoms. The molecule has 0 fully saturated rings. The molecule has 0 atom stereocenters. The quantitative estimate of drug-likeness (QED) is 0.475. The van der Waals surface area contributed by atoms with E-state index in [0.29, 0.717) is 5.82 Å². The van der Waals surface area contributed by atoms with Gasteiger partial charge < -0.3 is 5.73 Å². The minimum Gasteiger partial charge on any atom is -0.382 e. The van der Waals surface area contributed by atoms with Gasteiger partial charge in [0.15, 0.2) is 11.5 Å². The van der Waals surface area contributed by atoms with Gasteiger partial charge in [-0.2, -0.15) is 10.2 Å². The highest BCUT2D eigenvalue weighted by molar-refractivity contribution is 5.94. The number of pyridine rings is 1. The molecular formula is C21H20N7+. The summed E-state index contributed by atoms with van der Waals surface area (Å²) in [6.45, 7) is 2.86. The lowest BCUT2D eigenvalue weighted by Gasteiger charge is -2.02. The fourth-order valence-electron chi connectivity index (χ4n) is 3.61. The number of nitrogens with zero attached hydrogens (tertiary/aromatic N) is 5. The van der Waals surface area contributed by atoms with E-state index in [1.54, 1.807) is 0 Å². The van der Waals surface area contributed by atoms with Gasteiger partial charge in [0, 0.05) is 24.2 Å². The molecule has 28 heavy (non-hydrogen) atoms. The summed E-state index contributed by atoms with van der Waals surface area (Å²) >= 11 is 0. The average molecular weight is 370 g/mol. The van der Waals surface area contributed by atoms with Gasteiger partial charge in [0.25, 0.3) is 0 Å². The Morgan fingerprint density at radius 3 is 2.71 bits per heavy atom. The molecule has 5 aromatic rings. The first kappa shape index (κ1) is 16.4. The number of benzene rings is 1. The summed E-state index contributed by atoms with van der Waals surface area (Å²) in [6, 6.07) is 18.3. The van der Waals surface area contributed by atoms with Gasteiger partial charge in [0.1, 0.15) is 17.0 Å². The molecule has 0 amide bonds. The molecule has 1 aromatic carbocycles. The van der Waals surface area contributed by atoms with Crippen molar-refractivity contribution < 1.29 is 4.52 Å². The number of H-pyrrole nitrogens is 1. The minimum absolute atomic E-state index is 0.480. The highest BCUT2D eigenvalue weighted by Gasteiger charge is 2.24. The highest BCUT2D eigenvalue weighted by atomic mass is 15.3. The van der Waals surface area contributed by atoms with Gasteiger partial charge in [0.05, 0.1) is 5.39 Å². The minimum atomic E-state index is 0.480. The fraction of sp³-hybridized carbons (Fsp3) is 0.143. The van der Waals surface area contributed by atoms with Crippen molar-refractivity contribution in [2.24, 2.45) is 0 Å². The molecule has 0 saturated heterocycles. The van der Waals surface area contributed by atoms with Crippen LogP contribution in [-0.4, -0.2) is 25.1 Å². The summed E-state index contributed by atoms with van der Waals surface area (Å²) in [7, 11) is 0. The Balaban J connectivity index is 1.78. The van der Waals surface area contributed by atoms with Gasteiger partial charge in [-0.25, -0.2) is 4.68 Å². The van der Waals surface area contributed by atoms with Crippen LogP contribution in [0, 0.1) is 0 Å². The molecule has 4 heterocycles. The molecule has 0 aliphatic heterocycles. The van der Waals surface area contributed by atoms with Crippen LogP contribution in [0.5, 0.6) is 0 Å². The van der Waals surface area contributed by atoms with Crippen LogP contribution in [0.2, 0.25) is 0 Å². The number of fused-ring (bicyclic) bond motifs is 2. The van der Waals surface area contributed by atoms with Gasteiger partial charge in [-0.3, -0.25) is 0 Å². The smallest absolute Gasteiger partial charge is 0.247 e. The van der Waals surface area contributed by atoms with Crippen LogP contribution in [0.1, 0.15) is 13.3 Å². The second kappa shape index (κ2) is 6.45. The van der Waals surface area contributed by atoms with Crippen molar-refractivity contribution in [2.75, 3.05) is 5.73 Å². The number of aromatic nitrogens is 6. The number of rotatable bonds is 4. The Labute approximate surface area is 161 Å². The topological polar surface area (TPSA) is 89.5 Å². The van der Waals surface area contributed by atoms with Crippen molar-refractivity contribution in [3.63, 3.8) is 0 Å². The molecule has 3 N–H and O–H groups in total. The summed E-state index contributed by atoms with van der Waals surface area (Å²) in [5.41, 5.74) is 11.7. The molecule has 5 rings (SSSR count). The van der Waals surface area contributed by atoms with Crippen molar-refractivity contribution in [1.82, 2.24) is 25.1 Å². The van der Waals surface area contributed by atoms with Crippen LogP contribution < -0.4 is 10.2 Å². The first-order valence-electron chi connectivity index (χ1n) is 9.34. The average Bonchev–Trinajstić information content (AvgIpc) is 3.27. The third-order valence-electron chi connectivity index (χ3n) is 4.88. The van der Waals surface area contributed by atoms with E-state index in [4.69, 9.17) is 5.73 Å². The van der Waals surface area contributed by atoms with Crippen LogP contribution >= 0.6 is 0 Å². The number of nitrogens with one attached hydrogen (secondary N) is 1. The zero-order chi connectivity index (χ0) is 19.1. The van der Waals surface area contributed by atoms with Gasteiger partial charge in [-0.05, 0) is 18.6 Å². The van der Waals surface area contributed by atoms with Gasteiger partial charge >= 0.3 is 0 Å². The number of nitrogens with two attached hydrogens (primary N) is 1. The molecule has 0 aliphatic rings. The predicted octanol–water partition coefficient (Wildman–Crippen LogP) is 3.22. The van der Waals surface area contributed by atoms with E-state index < -0.39 is 0 Å². The van der Waals surface area contributed by atoms with E-state index in [0.717, 1.165) is 52.0 Å². The number of hydrogen-bond donors (Lipinski definition) is 2. The second-order valence-corrected chi connectivity index (χ2v) is 6.76. The number of nitrogen functional groups attached to an aromatic ring is 1. The lowest BCUT2D eigenvalue weighted by molar-refractivity contribution is -0.575. The number of hydrogen-bond acceptors (Lipinski definition) is 4. The first-order valence-corrected chi connectivity index (χ1v) is 9.34. The SMILES string of the molecule is CCCn1nc(N)c2cc(-c3c(-c4ccccc4)[nH][n+]4ccccc34)nnc21. The molecular weight excluding hydrogens is 350 g/mol. The normalized spacial score (nSPS) is 11.5. The number of aromatic amines is 1. The maximum absolute atomic E-state index is 6.18. The maximum atomic E-state index is 6.18. The largest absolute Gasteiger partial charge is 0.382 e. The van der Waals surface area contributed by atoms with Gasteiger partial charge in [-0.15, -0.1) is 10.2 Å². The molecule has 0 radical (unpaired) electrons. The molecule has 0 bridgehead atoms. The standard InChI is InChI=1S/C21H19N7/c1-2-11-28-21-15(20(22)26-28)13-16(23-24-21)18-17-10-6-7-12-27(17)25-19(18)14-8-4-3-5-9-14/h3-10,12-13H,2,11H2,1H3,(H2,22,26)/p+1. The first-order chi connectivity index (χ1) is 13.8. The van der Waals surface area contributed by atoms with E-state index in [-0.39, 0.29) is 0 Å². The van der Waals surface area contributed by atoms with Crippen molar-refractivity contribution >= 4 is 22.4 Å². The number of anilines is 1. The Hall–Kier alpha value is -3.74. The summed E-state index contributed by atoms with van der Waals surface area (Å²) in [6.07, 6.45) is 2.95. The van der Waals surface area contributed by atoms with Gasteiger partial charge in [-0.1, -0.05) is 41.8 Å². The highest BCUT2D eigenvalue weighted by Crippen LogP contribution is 2.33. The van der Waals surface area contributed by atoms with E-state index >= 15 is 0 Å². The fourth-order valence-corrected chi connectivity index (χ4v) is 3.61. The van der Waals surface area contributed by atoms with E-state index in [2.05, 4.69) is 45.5 Å². The summed E-state index contributed by atoms with van der Waals surface area (Å²) < 4.78 is 3.82. The van der Waals surface area contributed by atoms with Crippen molar-refractivity contribution in [3.05, 3.63) is 60.8 Å². The monoisotopic (exact) mass is 370 g/mol. The molecule has 0 spiro atoms. The van der Waals surface area contributed by atoms with Gasteiger partial charge in [0.2, 0.25) is 11.7 Å². The van der Waals surface area contributed by atoms with Crippen molar-refractivity contribution in [3.8, 4) is 22.5 Å². The zero-order valence-corrected chi connectivity index (χ0v) is 15.5. The zero-order valence-electron chi connectivity index (χ0n) is 15.5. The Kier molecular flexibility index (Phi) is 3.79. The lowest BCUT2D eigenvalue weighted by atomic mass is 10.0. The summed E-state index contributed by atoms with van der Waals surface area (Å²) in [5.74, 6) is 0.480. The predicted molar refractivity (Wildman–Crippen MR) is 108 cm³/mol. The van der Waals surface area contributed by atoms with Crippen molar-refractivity contribution in [1.29, 1.82) is 0 Å². The maximum Gasteiger partial charge on any atom is 0.247 e. The summed E-state index contributed by atoms with van der Waals surface area (Å²) in [4.78, 5) is 0. The van der Waals surface area contributed by atoms with Crippen molar-refractivity contribution in [2.45, 2.75) is 19.9 Å². The van der Waals surface area contributed by atoms with E-state index in [9.17, 15) is 0 Å². The molecule has 0 saturated carbocycles. The van der Waals surface area contributed by atoms with Crippen LogP contribution in [-0.2, 0) is 6.54 Å². The Bertz CT molecular complexity index is 1280. The molecule has 0 aliphatic carbocycles. The molecule has 4 aromatic heterocycles. The van der Waals surface area contributed by atoms with Crippen LogP contribution in [0.4, 0.5) is 5.82 Å². The van der Waals surface area contributed by atoms with Crippen LogP contribution in [0.15, 0.2) is 60.8 Å². The second-order valence-electron chi connectivity index (χ2n) is 6.76. The van der Waals surface area contributed by atoms with Crippen LogP contribution in [0.3, 0.4) is 0 Å². The molecule has 138 valence electrons. The molecule has 7 nitrogen and oxygen atoms in total. The van der Waals surface area contributed by atoms with Crippen LogP contribution in [0.25, 0.3) is 39.1 Å². The third-order valence-corrected chi connectivity index (χ3v) is 4.88.